The van der Waals surface area contributed by atoms with Gasteiger partial charge in [0, 0.05) is 52.4 Å². The minimum atomic E-state index is -0.313. The summed E-state index contributed by atoms with van der Waals surface area (Å²) in [6.45, 7) is 6.69. The maximum atomic E-state index is 11.2. The number of nitrogens with two attached hydrogens (primary N) is 2. The maximum absolute atomic E-state index is 11.2. The van der Waals surface area contributed by atoms with E-state index in [1.807, 2.05) is 0 Å². The molecule has 3 heterocycles. The smallest absolute Gasteiger partial charge is 0.231 e. The number of hydrogen-bond acceptors (Lipinski definition) is 8. The van der Waals surface area contributed by atoms with Crippen LogP contribution in [0.4, 0.5) is 11.8 Å². The molecule has 0 saturated carbocycles. The van der Waals surface area contributed by atoms with Crippen molar-refractivity contribution in [2.45, 2.75) is 12.8 Å². The van der Waals surface area contributed by atoms with E-state index in [4.69, 9.17) is 28.1 Å². The summed E-state index contributed by atoms with van der Waals surface area (Å²) in [6, 6.07) is 0. The topological polar surface area (TPSA) is 125 Å². The Labute approximate surface area is 175 Å². The Morgan fingerprint density at radius 2 is 1.41 bits per heavy atom. The van der Waals surface area contributed by atoms with Crippen LogP contribution < -0.4 is 21.3 Å². The van der Waals surface area contributed by atoms with Crippen LogP contribution in [0.5, 0.6) is 0 Å². The van der Waals surface area contributed by atoms with E-state index >= 15 is 0 Å². The second kappa shape index (κ2) is 10.0. The van der Waals surface area contributed by atoms with E-state index in [0.29, 0.717) is 11.0 Å². The molecule has 2 saturated heterocycles. The fourth-order valence-corrected chi connectivity index (χ4v) is 4.04. The van der Waals surface area contributed by atoms with Crippen molar-refractivity contribution in [3.8, 4) is 0 Å². The first-order valence-electron chi connectivity index (χ1n) is 9.96. The highest BCUT2D eigenvalue weighted by Gasteiger charge is 2.22. The highest BCUT2D eigenvalue weighted by atomic mass is 35.5. The lowest BCUT2D eigenvalue weighted by Crippen LogP contribution is -2.37. The van der Waals surface area contributed by atoms with Gasteiger partial charge in [0.15, 0.2) is 5.82 Å². The summed E-state index contributed by atoms with van der Waals surface area (Å²) in [7, 11) is 0. The molecule has 0 aromatic carbocycles. The lowest BCUT2D eigenvalue weighted by atomic mass is 10.3. The van der Waals surface area contributed by atoms with Crippen molar-refractivity contribution < 1.29 is 9.59 Å². The minimum Gasteiger partial charge on any atom is -0.369 e. The van der Waals surface area contributed by atoms with E-state index in [1.165, 1.54) is 0 Å². The van der Waals surface area contributed by atoms with E-state index in [-0.39, 0.29) is 24.9 Å². The summed E-state index contributed by atoms with van der Waals surface area (Å²) in [5.41, 5.74) is 10.6. The number of anilines is 2. The molecule has 11 heteroatoms. The average Bonchev–Trinajstić information content (AvgIpc) is 3.02. The van der Waals surface area contributed by atoms with Gasteiger partial charge >= 0.3 is 0 Å². The largest absolute Gasteiger partial charge is 0.369 e. The molecule has 2 aliphatic rings. The molecule has 2 fully saturated rings. The molecule has 0 unspecified atom stereocenters. The Morgan fingerprint density at radius 3 is 2.00 bits per heavy atom. The predicted molar refractivity (Wildman–Crippen MR) is 112 cm³/mol. The standard InChI is InChI=1S/C18H29ClN8O2/c19-14-11-22-18(27-6-2-4-25(8-10-27)13-16(21)29)23-17(14)26-5-1-3-24(7-9-26)12-15(20)28/h11H,1-10,12-13H2,(H2,20,28)(H2,21,29). The molecule has 0 atom stereocenters. The first-order valence-corrected chi connectivity index (χ1v) is 10.3. The van der Waals surface area contributed by atoms with Crippen LogP contribution in [-0.4, -0.2) is 97.0 Å². The van der Waals surface area contributed by atoms with Gasteiger partial charge in [0.25, 0.3) is 0 Å². The monoisotopic (exact) mass is 424 g/mol. The normalized spacial score (nSPS) is 19.6. The molecule has 1 aromatic heterocycles. The van der Waals surface area contributed by atoms with Gasteiger partial charge in [-0.1, -0.05) is 11.6 Å². The van der Waals surface area contributed by atoms with Gasteiger partial charge in [0.1, 0.15) is 5.02 Å². The van der Waals surface area contributed by atoms with E-state index in [9.17, 15) is 9.59 Å². The SMILES string of the molecule is NC(=O)CN1CCCN(c2ncc(Cl)c(N3CCCN(CC(N)=O)CC3)n2)CC1. The number of carbonyl (C=O) groups is 2. The Bertz CT molecular complexity index is 734. The molecular formula is C18H29ClN8O2. The van der Waals surface area contributed by atoms with Gasteiger partial charge in [0.2, 0.25) is 17.8 Å². The number of carbonyl (C=O) groups excluding carboxylic acids is 2. The van der Waals surface area contributed by atoms with Crippen LogP contribution in [0.15, 0.2) is 6.20 Å². The number of hydrogen-bond donors (Lipinski definition) is 2. The number of nitrogens with zero attached hydrogens (tertiary/aromatic N) is 6. The fourth-order valence-electron chi connectivity index (χ4n) is 3.83. The molecule has 0 radical (unpaired) electrons. The van der Waals surface area contributed by atoms with E-state index in [0.717, 1.165) is 71.0 Å². The molecule has 0 spiro atoms. The van der Waals surface area contributed by atoms with Crippen molar-refractivity contribution in [3.05, 3.63) is 11.2 Å². The summed E-state index contributed by atoms with van der Waals surface area (Å²) >= 11 is 6.42. The summed E-state index contributed by atoms with van der Waals surface area (Å²) in [4.78, 5) is 40.0. The summed E-state index contributed by atoms with van der Waals surface area (Å²) in [5.74, 6) is 0.738. The van der Waals surface area contributed by atoms with Gasteiger partial charge in [-0.2, -0.15) is 4.98 Å². The molecule has 160 valence electrons. The van der Waals surface area contributed by atoms with Crippen LogP contribution in [0.2, 0.25) is 5.02 Å². The number of rotatable bonds is 6. The molecular weight excluding hydrogens is 396 g/mol. The summed E-state index contributed by atoms with van der Waals surface area (Å²) in [5, 5.41) is 0.516. The summed E-state index contributed by atoms with van der Waals surface area (Å²) < 4.78 is 0. The van der Waals surface area contributed by atoms with E-state index in [1.54, 1.807) is 6.20 Å². The van der Waals surface area contributed by atoms with Crippen molar-refractivity contribution >= 4 is 35.2 Å². The maximum Gasteiger partial charge on any atom is 0.231 e. The Morgan fingerprint density at radius 1 is 0.862 bits per heavy atom. The fraction of sp³-hybridized carbons (Fsp3) is 0.667. The lowest BCUT2D eigenvalue weighted by Gasteiger charge is -2.26. The minimum absolute atomic E-state index is 0.270. The molecule has 1 aromatic rings. The third-order valence-corrected chi connectivity index (χ3v) is 5.50. The van der Waals surface area contributed by atoms with Gasteiger partial charge in [-0.15, -0.1) is 0 Å². The number of primary amides is 2. The second-order valence-corrected chi connectivity index (χ2v) is 7.91. The van der Waals surface area contributed by atoms with Gasteiger partial charge in [-0.05, 0) is 12.8 Å². The van der Waals surface area contributed by atoms with Crippen LogP contribution in [0, 0.1) is 0 Å². The Kier molecular flexibility index (Phi) is 7.45. The Balaban J connectivity index is 1.68. The van der Waals surface area contributed by atoms with Crippen LogP contribution >= 0.6 is 11.6 Å². The van der Waals surface area contributed by atoms with Crippen LogP contribution in [0.3, 0.4) is 0 Å². The molecule has 0 bridgehead atoms. The zero-order valence-corrected chi connectivity index (χ0v) is 17.4. The summed E-state index contributed by atoms with van der Waals surface area (Å²) in [6.07, 6.45) is 3.45. The predicted octanol–water partition coefficient (Wildman–Crippen LogP) is -0.875. The zero-order chi connectivity index (χ0) is 20.8. The molecule has 10 nitrogen and oxygen atoms in total. The van der Waals surface area contributed by atoms with Crippen molar-refractivity contribution in [3.63, 3.8) is 0 Å². The molecule has 29 heavy (non-hydrogen) atoms. The zero-order valence-electron chi connectivity index (χ0n) is 16.6. The highest BCUT2D eigenvalue weighted by molar-refractivity contribution is 6.32. The molecule has 2 aliphatic heterocycles. The van der Waals surface area contributed by atoms with Crippen molar-refractivity contribution in [1.82, 2.24) is 19.8 Å². The van der Waals surface area contributed by atoms with Gasteiger partial charge in [-0.3, -0.25) is 19.4 Å². The van der Waals surface area contributed by atoms with Crippen molar-refractivity contribution in [1.29, 1.82) is 0 Å². The highest BCUT2D eigenvalue weighted by Crippen LogP contribution is 2.26. The van der Waals surface area contributed by atoms with Crippen LogP contribution in [0.25, 0.3) is 0 Å². The lowest BCUT2D eigenvalue weighted by molar-refractivity contribution is -0.119. The first kappa shape index (κ1) is 21.5. The third-order valence-electron chi connectivity index (χ3n) is 5.23. The van der Waals surface area contributed by atoms with Crippen molar-refractivity contribution in [2.75, 3.05) is 75.2 Å². The van der Waals surface area contributed by atoms with E-state index in [2.05, 4.69) is 24.6 Å². The average molecular weight is 425 g/mol. The number of aromatic nitrogens is 2. The quantitative estimate of drug-likeness (QED) is 0.603. The third kappa shape index (κ3) is 6.15. The molecule has 3 rings (SSSR count). The van der Waals surface area contributed by atoms with Gasteiger partial charge in [0.05, 0.1) is 19.3 Å². The van der Waals surface area contributed by atoms with Crippen LogP contribution in [-0.2, 0) is 9.59 Å². The number of halogens is 1. The molecule has 4 N–H and O–H groups in total. The molecule has 2 amide bonds. The first-order chi connectivity index (χ1) is 13.9. The Hall–Kier alpha value is -2.17. The number of amides is 2. The second-order valence-electron chi connectivity index (χ2n) is 7.51. The molecule has 0 aliphatic carbocycles. The van der Waals surface area contributed by atoms with Gasteiger partial charge < -0.3 is 21.3 Å². The van der Waals surface area contributed by atoms with E-state index < -0.39 is 0 Å². The van der Waals surface area contributed by atoms with Gasteiger partial charge in [-0.25, -0.2) is 4.98 Å². The van der Waals surface area contributed by atoms with Crippen molar-refractivity contribution in [2.24, 2.45) is 11.5 Å². The van der Waals surface area contributed by atoms with Crippen LogP contribution in [0.1, 0.15) is 12.8 Å².